The second kappa shape index (κ2) is 10.2. The molecule has 0 aliphatic carbocycles. The summed E-state index contributed by atoms with van der Waals surface area (Å²) in [5.41, 5.74) is 3.32. The van der Waals surface area contributed by atoms with Crippen molar-refractivity contribution in [1.29, 1.82) is 0 Å². The molecule has 1 N–H and O–H groups in total. The minimum atomic E-state index is -0.0994. The number of carbonyl (C=O) groups excluding carboxylic acids is 2. The van der Waals surface area contributed by atoms with Gasteiger partial charge in [-0.25, -0.2) is 0 Å². The predicted molar refractivity (Wildman–Crippen MR) is 124 cm³/mol. The third kappa shape index (κ3) is 5.42. The Hall–Kier alpha value is -3.45. The average molecular weight is 433 g/mol. The van der Waals surface area contributed by atoms with Crippen LogP contribution < -0.4 is 10.2 Å². The van der Waals surface area contributed by atoms with E-state index in [1.807, 2.05) is 72.6 Å². The summed E-state index contributed by atoms with van der Waals surface area (Å²) in [4.78, 5) is 28.4. The summed E-state index contributed by atoms with van der Waals surface area (Å²) in [5, 5.41) is 7.11. The first-order chi connectivity index (χ1) is 15.6. The smallest absolute Gasteiger partial charge is 0.238 e. The number of rotatable bonds is 9. The third-order valence-corrected chi connectivity index (χ3v) is 5.55. The third-order valence-electron chi connectivity index (χ3n) is 5.55. The second-order valence-corrected chi connectivity index (χ2v) is 8.10. The number of nitrogens with one attached hydrogen (secondary N) is 1. The molecule has 32 heavy (non-hydrogen) atoms. The minimum Gasteiger partial charge on any atom is -0.361 e. The molecule has 166 valence electrons. The molecule has 0 saturated carbocycles. The zero-order valence-electron chi connectivity index (χ0n) is 18.3. The van der Waals surface area contributed by atoms with Crippen LogP contribution in [0.5, 0.6) is 0 Å². The van der Waals surface area contributed by atoms with Gasteiger partial charge < -0.3 is 14.7 Å². The SMILES string of the molecule is CN(CCCc1cc(-c2ccccc2)no1)CC(=O)Nc1ccccc1N1CCCC1=O. The van der Waals surface area contributed by atoms with Gasteiger partial charge in [0.1, 0.15) is 11.5 Å². The van der Waals surface area contributed by atoms with E-state index in [2.05, 4.69) is 10.5 Å². The van der Waals surface area contributed by atoms with E-state index in [-0.39, 0.29) is 18.4 Å². The maximum atomic E-state index is 12.6. The summed E-state index contributed by atoms with van der Waals surface area (Å²) >= 11 is 0. The number of anilines is 2. The van der Waals surface area contributed by atoms with Crippen molar-refractivity contribution in [2.24, 2.45) is 0 Å². The van der Waals surface area contributed by atoms with Gasteiger partial charge in [-0.15, -0.1) is 0 Å². The quantitative estimate of drug-likeness (QED) is 0.554. The Balaban J connectivity index is 1.25. The summed E-state index contributed by atoms with van der Waals surface area (Å²) < 4.78 is 5.45. The Kier molecular flexibility index (Phi) is 6.97. The van der Waals surface area contributed by atoms with Gasteiger partial charge in [0, 0.05) is 31.0 Å². The van der Waals surface area contributed by atoms with E-state index in [1.54, 1.807) is 4.90 Å². The number of benzene rings is 2. The molecule has 4 rings (SSSR count). The Morgan fingerprint density at radius 1 is 1.16 bits per heavy atom. The number of nitrogens with zero attached hydrogens (tertiary/aromatic N) is 3. The van der Waals surface area contributed by atoms with Crippen LogP contribution in [0.1, 0.15) is 25.0 Å². The standard InChI is InChI=1S/C25H28N4O3/c1-28(15-7-11-20-17-22(27-32-20)19-9-3-2-4-10-19)18-24(30)26-21-12-5-6-13-23(21)29-16-8-14-25(29)31/h2-6,9-10,12-13,17H,7-8,11,14-16,18H2,1H3,(H,26,30). The molecule has 1 saturated heterocycles. The molecule has 7 nitrogen and oxygen atoms in total. The highest BCUT2D eigenvalue weighted by atomic mass is 16.5. The van der Waals surface area contributed by atoms with Crippen LogP contribution in [-0.4, -0.2) is 48.6 Å². The van der Waals surface area contributed by atoms with E-state index in [1.165, 1.54) is 0 Å². The fraction of sp³-hybridized carbons (Fsp3) is 0.320. The van der Waals surface area contributed by atoms with E-state index in [9.17, 15) is 9.59 Å². The Morgan fingerprint density at radius 3 is 2.72 bits per heavy atom. The van der Waals surface area contributed by atoms with Crippen molar-refractivity contribution < 1.29 is 14.1 Å². The molecule has 1 aliphatic rings. The fourth-order valence-electron chi connectivity index (χ4n) is 3.93. The molecular weight excluding hydrogens is 404 g/mol. The molecule has 1 aromatic heterocycles. The molecule has 7 heteroatoms. The molecule has 1 aliphatic heterocycles. The maximum Gasteiger partial charge on any atom is 0.238 e. The van der Waals surface area contributed by atoms with Crippen LogP contribution in [-0.2, 0) is 16.0 Å². The van der Waals surface area contributed by atoms with Gasteiger partial charge in [-0.05, 0) is 38.6 Å². The topological polar surface area (TPSA) is 78.7 Å². The molecule has 2 heterocycles. The molecular formula is C25H28N4O3. The van der Waals surface area contributed by atoms with Crippen molar-refractivity contribution in [3.63, 3.8) is 0 Å². The second-order valence-electron chi connectivity index (χ2n) is 8.10. The lowest BCUT2D eigenvalue weighted by atomic mass is 10.1. The van der Waals surface area contributed by atoms with Gasteiger partial charge in [0.05, 0.1) is 17.9 Å². The summed E-state index contributed by atoms with van der Waals surface area (Å²) in [7, 11) is 1.92. The number of hydrogen-bond acceptors (Lipinski definition) is 5. The van der Waals surface area contributed by atoms with Crippen LogP contribution in [0, 0.1) is 0 Å². The number of hydrogen-bond donors (Lipinski definition) is 1. The van der Waals surface area contributed by atoms with Gasteiger partial charge in [0.15, 0.2) is 0 Å². The molecule has 0 spiro atoms. The Bertz CT molecular complexity index is 1060. The zero-order chi connectivity index (χ0) is 22.3. The minimum absolute atomic E-state index is 0.0994. The van der Waals surface area contributed by atoms with Crippen LogP contribution >= 0.6 is 0 Å². The lowest BCUT2D eigenvalue weighted by molar-refractivity contribution is -0.118. The lowest BCUT2D eigenvalue weighted by Gasteiger charge is -2.21. The van der Waals surface area contributed by atoms with Crippen LogP contribution in [0.15, 0.2) is 65.2 Å². The number of para-hydroxylation sites is 2. The Labute approximate surface area is 188 Å². The number of amides is 2. The molecule has 0 unspecified atom stereocenters. The van der Waals surface area contributed by atoms with Crippen LogP contribution in [0.4, 0.5) is 11.4 Å². The van der Waals surface area contributed by atoms with Crippen LogP contribution in [0.2, 0.25) is 0 Å². The molecule has 0 radical (unpaired) electrons. The van der Waals surface area contributed by atoms with Crippen molar-refractivity contribution in [3.8, 4) is 11.3 Å². The normalized spacial score (nSPS) is 13.7. The molecule has 3 aromatic rings. The largest absolute Gasteiger partial charge is 0.361 e. The van der Waals surface area contributed by atoms with Crippen LogP contribution in [0.25, 0.3) is 11.3 Å². The molecule has 2 aromatic carbocycles. The highest BCUT2D eigenvalue weighted by Gasteiger charge is 2.24. The van der Waals surface area contributed by atoms with Crippen molar-refractivity contribution in [1.82, 2.24) is 10.1 Å². The monoisotopic (exact) mass is 432 g/mol. The Morgan fingerprint density at radius 2 is 1.94 bits per heavy atom. The van der Waals surface area contributed by atoms with E-state index >= 15 is 0 Å². The maximum absolute atomic E-state index is 12.6. The van der Waals surface area contributed by atoms with Crippen molar-refractivity contribution in [2.45, 2.75) is 25.7 Å². The lowest BCUT2D eigenvalue weighted by Crippen LogP contribution is -2.32. The first-order valence-corrected chi connectivity index (χ1v) is 11.0. The van der Waals surface area contributed by atoms with E-state index in [4.69, 9.17) is 4.52 Å². The molecule has 1 fully saturated rings. The number of aromatic nitrogens is 1. The van der Waals surface area contributed by atoms with Gasteiger partial charge in [-0.1, -0.05) is 47.6 Å². The summed E-state index contributed by atoms with van der Waals surface area (Å²) in [6.07, 6.45) is 3.02. The van der Waals surface area contributed by atoms with E-state index in [0.717, 1.165) is 48.5 Å². The first-order valence-electron chi connectivity index (χ1n) is 11.0. The van der Waals surface area contributed by atoms with Crippen molar-refractivity contribution >= 4 is 23.2 Å². The molecule has 0 bridgehead atoms. The summed E-state index contributed by atoms with van der Waals surface area (Å²) in [6, 6.07) is 19.4. The fourth-order valence-corrected chi connectivity index (χ4v) is 3.93. The number of carbonyl (C=O) groups is 2. The molecule has 2 amide bonds. The predicted octanol–water partition coefficient (Wildman–Crippen LogP) is 3.97. The van der Waals surface area contributed by atoms with Crippen molar-refractivity contribution in [2.75, 3.05) is 36.9 Å². The summed E-state index contributed by atoms with van der Waals surface area (Å²) in [5.74, 6) is 0.843. The highest BCUT2D eigenvalue weighted by molar-refractivity contribution is 6.02. The number of aryl methyl sites for hydroxylation is 1. The van der Waals surface area contributed by atoms with Gasteiger partial charge in [0.2, 0.25) is 11.8 Å². The average Bonchev–Trinajstić information content (AvgIpc) is 3.44. The molecule has 0 atom stereocenters. The van der Waals surface area contributed by atoms with Gasteiger partial charge in [-0.3, -0.25) is 14.5 Å². The summed E-state index contributed by atoms with van der Waals surface area (Å²) in [6.45, 7) is 1.72. The van der Waals surface area contributed by atoms with Gasteiger partial charge in [0.25, 0.3) is 0 Å². The number of likely N-dealkylation sites (N-methyl/N-ethyl adjacent to an activating group) is 1. The van der Waals surface area contributed by atoms with E-state index in [0.29, 0.717) is 18.7 Å². The first kappa shape index (κ1) is 21.8. The zero-order valence-corrected chi connectivity index (χ0v) is 18.3. The van der Waals surface area contributed by atoms with E-state index < -0.39 is 0 Å². The van der Waals surface area contributed by atoms with Gasteiger partial charge >= 0.3 is 0 Å². The van der Waals surface area contributed by atoms with Crippen LogP contribution in [0.3, 0.4) is 0 Å². The van der Waals surface area contributed by atoms with Gasteiger partial charge in [-0.2, -0.15) is 0 Å². The van der Waals surface area contributed by atoms with Crippen molar-refractivity contribution in [3.05, 3.63) is 66.4 Å². The highest BCUT2D eigenvalue weighted by Crippen LogP contribution is 2.29.